The van der Waals surface area contributed by atoms with Crippen LogP contribution in [0.3, 0.4) is 0 Å². The minimum absolute atomic E-state index is 0.0102. The van der Waals surface area contributed by atoms with Crippen LogP contribution in [0.1, 0.15) is 21.5 Å². The molecule has 1 aliphatic heterocycles. The predicted octanol–water partition coefficient (Wildman–Crippen LogP) is 4.94. The van der Waals surface area contributed by atoms with Crippen molar-refractivity contribution in [3.05, 3.63) is 99.0 Å². The molecule has 0 saturated carbocycles. The van der Waals surface area contributed by atoms with E-state index in [2.05, 4.69) is 5.32 Å². The number of carboxylic acid groups (broad SMARTS) is 1. The standard InChI is InChI=1S/C25H16Cl2N2O6/c26-18-5-3-6-19(21(18)27)29-23(31)17(22(30)28-25(29)34)12-16-4-1-2-7-20(16)35-13-14-8-10-15(11-9-14)24(32)33/h1-12H,13H2,(H,32,33)(H,28,30,34)/b17-12+. The molecule has 0 aromatic heterocycles. The van der Waals surface area contributed by atoms with Gasteiger partial charge in [-0.25, -0.2) is 14.5 Å². The Morgan fingerprint density at radius 1 is 0.971 bits per heavy atom. The van der Waals surface area contributed by atoms with E-state index >= 15 is 0 Å². The molecule has 0 aliphatic carbocycles. The molecule has 0 unspecified atom stereocenters. The summed E-state index contributed by atoms with van der Waals surface area (Å²) in [6, 6.07) is 16.4. The van der Waals surface area contributed by atoms with Crippen molar-refractivity contribution in [2.45, 2.75) is 6.61 Å². The van der Waals surface area contributed by atoms with E-state index in [1.54, 1.807) is 36.4 Å². The summed E-state index contributed by atoms with van der Waals surface area (Å²) in [6.45, 7) is 0.114. The fourth-order valence-corrected chi connectivity index (χ4v) is 3.71. The Kier molecular flexibility index (Phi) is 6.86. The van der Waals surface area contributed by atoms with Crippen LogP contribution in [0.5, 0.6) is 5.75 Å². The van der Waals surface area contributed by atoms with E-state index in [-0.39, 0.29) is 33.5 Å². The number of nitrogens with zero attached hydrogens (tertiary/aromatic N) is 1. The maximum atomic E-state index is 13.2. The fourth-order valence-electron chi connectivity index (χ4n) is 3.33. The quantitative estimate of drug-likeness (QED) is 0.358. The molecule has 2 N–H and O–H groups in total. The number of imide groups is 2. The van der Waals surface area contributed by atoms with Crippen LogP contribution in [0.4, 0.5) is 10.5 Å². The van der Waals surface area contributed by atoms with Crippen molar-refractivity contribution in [1.82, 2.24) is 5.32 Å². The second-order valence-electron chi connectivity index (χ2n) is 7.36. The number of amides is 4. The number of carboxylic acids is 1. The Hall–Kier alpha value is -4.14. The Bertz CT molecular complexity index is 1380. The van der Waals surface area contributed by atoms with Crippen LogP contribution >= 0.6 is 23.2 Å². The number of anilines is 1. The lowest BCUT2D eigenvalue weighted by Crippen LogP contribution is -2.54. The minimum atomic E-state index is -1.03. The first-order valence-electron chi connectivity index (χ1n) is 10.2. The maximum Gasteiger partial charge on any atom is 0.336 e. The van der Waals surface area contributed by atoms with Crippen molar-refractivity contribution in [3.63, 3.8) is 0 Å². The van der Waals surface area contributed by atoms with Gasteiger partial charge in [0.2, 0.25) is 0 Å². The summed E-state index contributed by atoms with van der Waals surface area (Å²) in [6.07, 6.45) is 1.32. The van der Waals surface area contributed by atoms with Crippen LogP contribution in [0.2, 0.25) is 10.0 Å². The lowest BCUT2D eigenvalue weighted by atomic mass is 10.1. The number of rotatable bonds is 6. The molecule has 35 heavy (non-hydrogen) atoms. The molecule has 1 aliphatic rings. The van der Waals surface area contributed by atoms with Gasteiger partial charge in [0.05, 0.1) is 21.3 Å². The van der Waals surface area contributed by atoms with E-state index in [1.165, 1.54) is 36.4 Å². The maximum absolute atomic E-state index is 13.2. The number of barbiturate groups is 1. The van der Waals surface area contributed by atoms with E-state index in [1.807, 2.05) is 0 Å². The molecule has 3 aromatic carbocycles. The number of ether oxygens (including phenoxy) is 1. The summed E-state index contributed by atoms with van der Waals surface area (Å²) in [5.41, 5.74) is 1.02. The monoisotopic (exact) mass is 510 g/mol. The number of nitrogens with one attached hydrogen (secondary N) is 1. The van der Waals surface area contributed by atoms with Crippen LogP contribution in [-0.4, -0.2) is 28.9 Å². The zero-order chi connectivity index (χ0) is 25.1. The molecule has 4 amide bonds. The minimum Gasteiger partial charge on any atom is -0.488 e. The molecular weight excluding hydrogens is 495 g/mol. The molecule has 1 fully saturated rings. The first-order valence-corrected chi connectivity index (χ1v) is 10.9. The van der Waals surface area contributed by atoms with E-state index in [9.17, 15) is 19.2 Å². The molecule has 0 radical (unpaired) electrons. The highest BCUT2D eigenvalue weighted by Gasteiger charge is 2.38. The van der Waals surface area contributed by atoms with Crippen LogP contribution in [0.25, 0.3) is 6.08 Å². The van der Waals surface area contributed by atoms with E-state index in [4.69, 9.17) is 33.0 Å². The Morgan fingerprint density at radius 2 is 1.69 bits per heavy atom. The lowest BCUT2D eigenvalue weighted by Gasteiger charge is -2.27. The number of hydrogen-bond acceptors (Lipinski definition) is 5. The van der Waals surface area contributed by atoms with Crippen LogP contribution in [-0.2, 0) is 16.2 Å². The van der Waals surface area contributed by atoms with Gasteiger partial charge >= 0.3 is 12.0 Å². The average Bonchev–Trinajstić information content (AvgIpc) is 2.83. The van der Waals surface area contributed by atoms with Crippen LogP contribution in [0, 0.1) is 0 Å². The second kappa shape index (κ2) is 10.0. The molecule has 0 atom stereocenters. The summed E-state index contributed by atoms with van der Waals surface area (Å²) in [4.78, 5) is 49.9. The van der Waals surface area contributed by atoms with Gasteiger partial charge in [0.25, 0.3) is 11.8 Å². The number of halogens is 2. The van der Waals surface area contributed by atoms with Gasteiger partial charge in [-0.1, -0.05) is 59.6 Å². The van der Waals surface area contributed by atoms with E-state index in [0.717, 1.165) is 10.5 Å². The first-order chi connectivity index (χ1) is 16.8. The molecule has 3 aromatic rings. The molecule has 0 bridgehead atoms. The number of urea groups is 1. The third kappa shape index (κ3) is 5.03. The summed E-state index contributed by atoms with van der Waals surface area (Å²) in [7, 11) is 0. The SMILES string of the molecule is O=C1NC(=O)N(c2cccc(Cl)c2Cl)C(=O)/C1=C/c1ccccc1OCc1ccc(C(=O)O)cc1. The molecule has 1 saturated heterocycles. The topological polar surface area (TPSA) is 113 Å². The predicted molar refractivity (Wildman–Crippen MR) is 130 cm³/mol. The Labute approximate surface area is 209 Å². The van der Waals surface area contributed by atoms with Gasteiger partial charge in [0.15, 0.2) is 0 Å². The van der Waals surface area contributed by atoms with E-state index < -0.39 is 23.8 Å². The summed E-state index contributed by atoms with van der Waals surface area (Å²) in [5.74, 6) is -2.40. The van der Waals surface area contributed by atoms with Crippen molar-refractivity contribution in [1.29, 1.82) is 0 Å². The number of benzene rings is 3. The zero-order valence-corrected chi connectivity index (χ0v) is 19.3. The molecule has 1 heterocycles. The van der Waals surface area contributed by atoms with Crippen molar-refractivity contribution in [3.8, 4) is 5.75 Å². The van der Waals surface area contributed by atoms with E-state index in [0.29, 0.717) is 11.3 Å². The van der Waals surface area contributed by atoms with Crippen LogP contribution in [0.15, 0.2) is 72.3 Å². The molecule has 10 heteroatoms. The molecule has 176 valence electrons. The third-order valence-electron chi connectivity index (χ3n) is 5.09. The van der Waals surface area contributed by atoms with Crippen molar-refractivity contribution in [2.75, 3.05) is 4.90 Å². The highest BCUT2D eigenvalue weighted by Crippen LogP contribution is 2.34. The number of carbonyl (C=O) groups is 4. The van der Waals surface area contributed by atoms with Gasteiger partial charge in [-0.3, -0.25) is 14.9 Å². The van der Waals surface area contributed by atoms with Crippen molar-refractivity contribution < 1.29 is 29.0 Å². The van der Waals surface area contributed by atoms with Crippen molar-refractivity contribution in [2.24, 2.45) is 0 Å². The van der Waals surface area contributed by atoms with Gasteiger partial charge in [0.1, 0.15) is 17.9 Å². The zero-order valence-electron chi connectivity index (χ0n) is 17.8. The van der Waals surface area contributed by atoms with Gasteiger partial charge in [0, 0.05) is 5.56 Å². The molecule has 0 spiro atoms. The van der Waals surface area contributed by atoms with Gasteiger partial charge in [-0.05, 0) is 42.0 Å². The largest absolute Gasteiger partial charge is 0.488 e. The highest BCUT2D eigenvalue weighted by molar-refractivity contribution is 6.46. The van der Waals surface area contributed by atoms with Gasteiger partial charge in [-0.15, -0.1) is 0 Å². The number of carbonyl (C=O) groups excluding carboxylic acids is 3. The highest BCUT2D eigenvalue weighted by atomic mass is 35.5. The fraction of sp³-hybridized carbons (Fsp3) is 0.0400. The average molecular weight is 511 g/mol. The van der Waals surface area contributed by atoms with Crippen molar-refractivity contribution >= 4 is 58.8 Å². The summed E-state index contributed by atoms with van der Waals surface area (Å²) < 4.78 is 5.85. The Balaban J connectivity index is 1.62. The summed E-state index contributed by atoms with van der Waals surface area (Å²) in [5, 5.41) is 11.3. The second-order valence-corrected chi connectivity index (χ2v) is 8.14. The third-order valence-corrected chi connectivity index (χ3v) is 5.90. The Morgan fingerprint density at radius 3 is 2.40 bits per heavy atom. The summed E-state index contributed by atoms with van der Waals surface area (Å²) >= 11 is 12.2. The van der Waals surface area contributed by atoms with Gasteiger partial charge in [-0.2, -0.15) is 0 Å². The van der Waals surface area contributed by atoms with Crippen LogP contribution < -0.4 is 15.0 Å². The lowest BCUT2D eigenvalue weighted by molar-refractivity contribution is -0.122. The molecule has 4 rings (SSSR count). The van der Waals surface area contributed by atoms with Gasteiger partial charge < -0.3 is 9.84 Å². The number of aromatic carboxylic acids is 1. The smallest absolute Gasteiger partial charge is 0.336 e. The number of para-hydroxylation sites is 1. The number of hydrogen-bond donors (Lipinski definition) is 2. The normalized spacial score (nSPS) is 14.7. The molecule has 8 nitrogen and oxygen atoms in total. The molecular formula is C25H16Cl2N2O6. The first kappa shape index (κ1) is 24.0.